The van der Waals surface area contributed by atoms with Crippen LogP contribution in [-0.4, -0.2) is 77.7 Å². The van der Waals surface area contributed by atoms with Gasteiger partial charge in [0.15, 0.2) is 5.82 Å². The van der Waals surface area contributed by atoms with E-state index in [-0.39, 0.29) is 30.2 Å². The molecule has 0 radical (unpaired) electrons. The fourth-order valence-electron chi connectivity index (χ4n) is 4.30. The highest BCUT2D eigenvalue weighted by atomic mass is 19.1. The summed E-state index contributed by atoms with van der Waals surface area (Å²) in [5.74, 6) is 0.860. The number of anilines is 1. The number of carbonyl (C=O) groups excluding carboxylic acids is 2. The standard InChI is InChI=1S/C28H32FN5O3/c1-20(2)34(28(36)22-7-11-24(37-3)12-8-22)19-27(35)33-16-4-15-32(17-18-33)26-14-13-25(30-31-26)21-5-9-23(29)10-6-21/h5-14,20H,4,15-19H2,1-3H3. The van der Waals surface area contributed by atoms with Gasteiger partial charge in [-0.1, -0.05) is 0 Å². The van der Waals surface area contributed by atoms with E-state index in [1.54, 1.807) is 48.4 Å². The number of aromatic nitrogens is 2. The van der Waals surface area contributed by atoms with Crippen LogP contribution in [0.15, 0.2) is 60.7 Å². The number of rotatable bonds is 7. The van der Waals surface area contributed by atoms with Crippen LogP contribution < -0.4 is 9.64 Å². The number of halogens is 1. The number of carbonyl (C=O) groups is 2. The maximum absolute atomic E-state index is 13.2. The van der Waals surface area contributed by atoms with E-state index in [0.717, 1.165) is 24.3 Å². The van der Waals surface area contributed by atoms with E-state index in [4.69, 9.17) is 4.74 Å². The Morgan fingerprint density at radius 3 is 2.30 bits per heavy atom. The third-order valence-corrected chi connectivity index (χ3v) is 6.49. The van der Waals surface area contributed by atoms with Crippen molar-refractivity contribution in [2.75, 3.05) is 44.7 Å². The first kappa shape index (κ1) is 26.1. The van der Waals surface area contributed by atoms with E-state index >= 15 is 0 Å². The normalized spacial score (nSPS) is 13.9. The molecule has 1 aliphatic heterocycles. The topological polar surface area (TPSA) is 78.9 Å². The van der Waals surface area contributed by atoms with E-state index in [9.17, 15) is 14.0 Å². The average molecular weight is 506 g/mol. The third-order valence-electron chi connectivity index (χ3n) is 6.49. The molecule has 2 aromatic carbocycles. The molecule has 1 aromatic heterocycles. The van der Waals surface area contributed by atoms with Gasteiger partial charge in [-0.3, -0.25) is 9.59 Å². The summed E-state index contributed by atoms with van der Waals surface area (Å²) in [7, 11) is 1.58. The summed E-state index contributed by atoms with van der Waals surface area (Å²) in [6, 6.07) is 16.7. The van der Waals surface area contributed by atoms with Crippen LogP contribution in [0.2, 0.25) is 0 Å². The molecule has 0 aliphatic carbocycles. The molecule has 4 rings (SSSR count). The fourth-order valence-corrected chi connectivity index (χ4v) is 4.30. The van der Waals surface area contributed by atoms with Crippen molar-refractivity contribution in [1.82, 2.24) is 20.0 Å². The fraction of sp³-hybridized carbons (Fsp3) is 0.357. The summed E-state index contributed by atoms with van der Waals surface area (Å²) in [4.78, 5) is 31.9. The van der Waals surface area contributed by atoms with E-state index in [2.05, 4.69) is 15.1 Å². The Kier molecular flexibility index (Phi) is 8.32. The van der Waals surface area contributed by atoms with Crippen LogP contribution >= 0.6 is 0 Å². The smallest absolute Gasteiger partial charge is 0.254 e. The third kappa shape index (κ3) is 6.41. The number of hydrogen-bond donors (Lipinski definition) is 0. The van der Waals surface area contributed by atoms with Gasteiger partial charge < -0.3 is 19.4 Å². The lowest BCUT2D eigenvalue weighted by Gasteiger charge is -2.29. The zero-order valence-corrected chi connectivity index (χ0v) is 21.4. The van der Waals surface area contributed by atoms with Crippen LogP contribution in [0, 0.1) is 5.82 Å². The molecule has 1 fully saturated rings. The summed E-state index contributed by atoms with van der Waals surface area (Å²) >= 11 is 0. The Hall–Kier alpha value is -4.01. The van der Waals surface area contributed by atoms with Crippen molar-refractivity contribution in [1.29, 1.82) is 0 Å². The molecule has 194 valence electrons. The Morgan fingerprint density at radius 2 is 1.68 bits per heavy atom. The van der Waals surface area contributed by atoms with Gasteiger partial charge in [0.1, 0.15) is 18.1 Å². The Morgan fingerprint density at radius 1 is 0.946 bits per heavy atom. The van der Waals surface area contributed by atoms with Gasteiger partial charge in [0.05, 0.1) is 12.8 Å². The Labute approximate surface area is 216 Å². The zero-order valence-electron chi connectivity index (χ0n) is 21.4. The van der Waals surface area contributed by atoms with Crippen LogP contribution in [0.25, 0.3) is 11.3 Å². The first-order chi connectivity index (χ1) is 17.9. The lowest BCUT2D eigenvalue weighted by Crippen LogP contribution is -2.46. The molecule has 2 amide bonds. The van der Waals surface area contributed by atoms with Gasteiger partial charge >= 0.3 is 0 Å². The van der Waals surface area contributed by atoms with E-state index in [0.29, 0.717) is 36.6 Å². The molecule has 1 saturated heterocycles. The van der Waals surface area contributed by atoms with E-state index in [1.807, 2.05) is 30.9 Å². The van der Waals surface area contributed by atoms with Crippen molar-refractivity contribution in [3.8, 4) is 17.0 Å². The quantitative estimate of drug-likeness (QED) is 0.485. The molecule has 0 bridgehead atoms. The first-order valence-corrected chi connectivity index (χ1v) is 12.4. The largest absolute Gasteiger partial charge is 0.497 e. The Balaban J connectivity index is 1.37. The summed E-state index contributed by atoms with van der Waals surface area (Å²) in [5.41, 5.74) is 1.99. The van der Waals surface area contributed by atoms with Gasteiger partial charge in [0.25, 0.3) is 5.91 Å². The molecule has 0 unspecified atom stereocenters. The molecule has 2 heterocycles. The molecule has 0 spiro atoms. The molecular formula is C28H32FN5O3. The SMILES string of the molecule is COc1ccc(C(=O)N(CC(=O)N2CCCN(c3ccc(-c4ccc(F)cc4)nn3)CC2)C(C)C)cc1. The predicted octanol–water partition coefficient (Wildman–Crippen LogP) is 3.88. The van der Waals surface area contributed by atoms with Crippen molar-refractivity contribution in [2.45, 2.75) is 26.3 Å². The number of methoxy groups -OCH3 is 1. The molecule has 3 aromatic rings. The van der Waals surface area contributed by atoms with Crippen molar-refractivity contribution in [2.24, 2.45) is 0 Å². The van der Waals surface area contributed by atoms with Gasteiger partial charge in [-0.15, -0.1) is 10.2 Å². The van der Waals surface area contributed by atoms with Crippen LogP contribution in [0.3, 0.4) is 0 Å². The van der Waals surface area contributed by atoms with E-state index < -0.39 is 0 Å². The van der Waals surface area contributed by atoms with Gasteiger partial charge in [-0.25, -0.2) is 4.39 Å². The second-order valence-electron chi connectivity index (χ2n) is 9.26. The monoisotopic (exact) mass is 505 g/mol. The number of amides is 2. The molecule has 9 heteroatoms. The summed E-state index contributed by atoms with van der Waals surface area (Å²) in [6.07, 6.45) is 0.779. The molecule has 8 nitrogen and oxygen atoms in total. The predicted molar refractivity (Wildman–Crippen MR) is 140 cm³/mol. The Bertz CT molecular complexity index is 1200. The number of hydrogen-bond acceptors (Lipinski definition) is 6. The van der Waals surface area contributed by atoms with Crippen LogP contribution in [-0.2, 0) is 4.79 Å². The van der Waals surface area contributed by atoms with Crippen molar-refractivity contribution in [3.63, 3.8) is 0 Å². The second kappa shape index (κ2) is 11.8. The van der Waals surface area contributed by atoms with Crippen LogP contribution in [0.1, 0.15) is 30.6 Å². The van der Waals surface area contributed by atoms with Gasteiger partial charge in [-0.2, -0.15) is 0 Å². The van der Waals surface area contributed by atoms with Gasteiger partial charge in [0.2, 0.25) is 5.91 Å². The molecular weight excluding hydrogens is 473 g/mol. The number of ether oxygens (including phenoxy) is 1. The number of benzene rings is 2. The molecule has 37 heavy (non-hydrogen) atoms. The molecule has 0 saturated carbocycles. The molecule has 0 N–H and O–H groups in total. The second-order valence-corrected chi connectivity index (χ2v) is 9.26. The highest BCUT2D eigenvalue weighted by molar-refractivity contribution is 5.96. The van der Waals surface area contributed by atoms with Crippen LogP contribution in [0.5, 0.6) is 5.75 Å². The van der Waals surface area contributed by atoms with Crippen LogP contribution in [0.4, 0.5) is 10.2 Å². The minimum Gasteiger partial charge on any atom is -0.497 e. The van der Waals surface area contributed by atoms with Gasteiger partial charge in [-0.05, 0) is 80.9 Å². The number of nitrogens with zero attached hydrogens (tertiary/aromatic N) is 5. The maximum Gasteiger partial charge on any atom is 0.254 e. The highest BCUT2D eigenvalue weighted by Crippen LogP contribution is 2.20. The summed E-state index contributed by atoms with van der Waals surface area (Å²) in [6.45, 7) is 6.34. The zero-order chi connectivity index (χ0) is 26.4. The minimum absolute atomic E-state index is 0.0225. The maximum atomic E-state index is 13.2. The lowest BCUT2D eigenvalue weighted by atomic mass is 10.1. The minimum atomic E-state index is -0.293. The van der Waals surface area contributed by atoms with Crippen molar-refractivity contribution >= 4 is 17.6 Å². The van der Waals surface area contributed by atoms with Crippen molar-refractivity contribution < 1.29 is 18.7 Å². The summed E-state index contributed by atoms with van der Waals surface area (Å²) in [5, 5.41) is 8.68. The highest BCUT2D eigenvalue weighted by Gasteiger charge is 2.26. The summed E-state index contributed by atoms with van der Waals surface area (Å²) < 4.78 is 18.4. The average Bonchev–Trinajstić information content (AvgIpc) is 3.18. The molecule has 0 atom stereocenters. The molecule has 1 aliphatic rings. The van der Waals surface area contributed by atoms with E-state index in [1.165, 1.54) is 12.1 Å². The first-order valence-electron chi connectivity index (χ1n) is 12.4. The van der Waals surface area contributed by atoms with Crippen molar-refractivity contribution in [3.05, 3.63) is 72.0 Å². The van der Waals surface area contributed by atoms with Gasteiger partial charge in [0, 0.05) is 43.3 Å². The lowest BCUT2D eigenvalue weighted by molar-refractivity contribution is -0.132.